The quantitative estimate of drug-likeness (QED) is 0.944. The van der Waals surface area contributed by atoms with Gasteiger partial charge in [-0.05, 0) is 45.8 Å². The van der Waals surface area contributed by atoms with E-state index in [0.29, 0.717) is 12.1 Å². The molecule has 1 aromatic heterocycles. The van der Waals surface area contributed by atoms with Crippen LogP contribution in [0, 0.1) is 0 Å². The average molecular weight is 291 g/mol. The Balaban J connectivity index is 2.01. The van der Waals surface area contributed by atoms with Crippen molar-refractivity contribution in [3.8, 4) is 0 Å². The average Bonchev–Trinajstić information content (AvgIpc) is 2.38. The van der Waals surface area contributed by atoms with Gasteiger partial charge in [-0.25, -0.2) is 0 Å². The van der Waals surface area contributed by atoms with Crippen LogP contribution < -0.4 is 5.32 Å². The Morgan fingerprint density at radius 2 is 1.88 bits per heavy atom. The van der Waals surface area contributed by atoms with Crippen molar-refractivity contribution < 1.29 is 4.79 Å². The second-order valence-corrected chi connectivity index (χ2v) is 4.37. The van der Waals surface area contributed by atoms with Crippen LogP contribution in [0.5, 0.6) is 0 Å². The monoisotopic (exact) mass is 290 g/mol. The minimum Gasteiger partial charge on any atom is -0.348 e. The molecule has 4 heteroatoms. The number of nitrogens with zero attached hydrogens (tertiary/aromatic N) is 1. The maximum atomic E-state index is 11.9. The highest BCUT2D eigenvalue weighted by Gasteiger charge is 2.08. The molecule has 2 rings (SSSR count). The highest BCUT2D eigenvalue weighted by Crippen LogP contribution is 2.15. The van der Waals surface area contributed by atoms with Gasteiger partial charge < -0.3 is 5.32 Å². The number of hydrogen-bond acceptors (Lipinski definition) is 2. The fourth-order valence-corrected chi connectivity index (χ4v) is 1.89. The Kier molecular flexibility index (Phi) is 3.88. The smallest absolute Gasteiger partial charge is 0.252 e. The third kappa shape index (κ3) is 3.14. The maximum absolute atomic E-state index is 11.9. The lowest BCUT2D eigenvalue weighted by Crippen LogP contribution is -2.23. The van der Waals surface area contributed by atoms with E-state index >= 15 is 0 Å². The number of amides is 1. The van der Waals surface area contributed by atoms with Gasteiger partial charge in [0, 0.05) is 23.4 Å². The van der Waals surface area contributed by atoms with Crippen LogP contribution in [0.3, 0.4) is 0 Å². The Bertz CT molecular complexity index is 514. The summed E-state index contributed by atoms with van der Waals surface area (Å²) in [6, 6.07) is 11.1. The highest BCUT2D eigenvalue weighted by molar-refractivity contribution is 9.10. The highest BCUT2D eigenvalue weighted by atomic mass is 79.9. The molecule has 0 fully saturated rings. The van der Waals surface area contributed by atoms with Crippen molar-refractivity contribution in [3.63, 3.8) is 0 Å². The van der Waals surface area contributed by atoms with E-state index in [-0.39, 0.29) is 5.91 Å². The molecule has 0 atom stereocenters. The third-order valence-electron chi connectivity index (χ3n) is 2.32. The fraction of sp³-hybridized carbons (Fsp3) is 0.0769. The van der Waals surface area contributed by atoms with Crippen LogP contribution in [0.4, 0.5) is 0 Å². The molecule has 2 aromatic rings. The molecule has 1 amide bonds. The van der Waals surface area contributed by atoms with Crippen molar-refractivity contribution in [3.05, 3.63) is 64.4 Å². The van der Waals surface area contributed by atoms with Gasteiger partial charge in [0.2, 0.25) is 0 Å². The van der Waals surface area contributed by atoms with Crippen LogP contribution in [0.2, 0.25) is 0 Å². The minimum absolute atomic E-state index is 0.0886. The molecular formula is C13H11BrN2O. The normalized spacial score (nSPS) is 9.94. The predicted octanol–water partition coefficient (Wildman–Crippen LogP) is 2.77. The van der Waals surface area contributed by atoms with Crippen molar-refractivity contribution in [1.82, 2.24) is 10.3 Å². The van der Waals surface area contributed by atoms with E-state index in [4.69, 9.17) is 0 Å². The second kappa shape index (κ2) is 5.59. The molecule has 0 aliphatic rings. The van der Waals surface area contributed by atoms with Crippen molar-refractivity contribution in [1.29, 1.82) is 0 Å². The molecule has 0 saturated heterocycles. The van der Waals surface area contributed by atoms with Gasteiger partial charge in [0.1, 0.15) is 0 Å². The van der Waals surface area contributed by atoms with Crippen LogP contribution >= 0.6 is 15.9 Å². The molecule has 0 saturated carbocycles. The number of benzene rings is 1. The topological polar surface area (TPSA) is 42.0 Å². The van der Waals surface area contributed by atoms with Crippen molar-refractivity contribution in [2.24, 2.45) is 0 Å². The molecule has 0 aliphatic carbocycles. The van der Waals surface area contributed by atoms with Crippen LogP contribution in [0.1, 0.15) is 15.9 Å². The van der Waals surface area contributed by atoms with Gasteiger partial charge >= 0.3 is 0 Å². The summed E-state index contributed by atoms with van der Waals surface area (Å²) in [7, 11) is 0. The molecule has 17 heavy (non-hydrogen) atoms. The molecule has 1 N–H and O–H groups in total. The van der Waals surface area contributed by atoms with Crippen LogP contribution in [0.15, 0.2) is 53.3 Å². The van der Waals surface area contributed by atoms with Gasteiger partial charge in [-0.1, -0.05) is 12.1 Å². The summed E-state index contributed by atoms with van der Waals surface area (Å²) in [5, 5.41) is 2.86. The fourth-order valence-electron chi connectivity index (χ4n) is 1.42. The van der Waals surface area contributed by atoms with E-state index in [0.717, 1.165) is 10.0 Å². The molecule has 0 bridgehead atoms. The Morgan fingerprint density at radius 1 is 1.18 bits per heavy atom. The van der Waals surface area contributed by atoms with Crippen LogP contribution in [-0.2, 0) is 6.54 Å². The first-order valence-corrected chi connectivity index (χ1v) is 5.98. The van der Waals surface area contributed by atoms with E-state index < -0.39 is 0 Å². The van der Waals surface area contributed by atoms with E-state index in [1.54, 1.807) is 18.5 Å². The SMILES string of the molecule is O=C(NCc1ccncc1)c1ccccc1Br. The molecule has 0 unspecified atom stereocenters. The molecule has 1 aromatic carbocycles. The lowest BCUT2D eigenvalue weighted by atomic mass is 10.2. The number of carbonyl (C=O) groups is 1. The molecule has 0 spiro atoms. The third-order valence-corrected chi connectivity index (χ3v) is 3.01. The predicted molar refractivity (Wildman–Crippen MR) is 69.5 cm³/mol. The maximum Gasteiger partial charge on any atom is 0.252 e. The molecule has 3 nitrogen and oxygen atoms in total. The van der Waals surface area contributed by atoms with Crippen LogP contribution in [0.25, 0.3) is 0 Å². The summed E-state index contributed by atoms with van der Waals surface area (Å²) < 4.78 is 0.798. The molecule has 1 heterocycles. The van der Waals surface area contributed by atoms with Gasteiger partial charge in [-0.2, -0.15) is 0 Å². The van der Waals surface area contributed by atoms with E-state index in [2.05, 4.69) is 26.2 Å². The molecule has 0 aliphatic heterocycles. The Morgan fingerprint density at radius 3 is 2.59 bits per heavy atom. The number of pyridine rings is 1. The summed E-state index contributed by atoms with van der Waals surface area (Å²) in [6.07, 6.45) is 3.42. The lowest BCUT2D eigenvalue weighted by Gasteiger charge is -2.06. The first kappa shape index (κ1) is 11.8. The number of aromatic nitrogens is 1. The first-order chi connectivity index (χ1) is 8.27. The van der Waals surface area contributed by atoms with E-state index in [1.165, 1.54) is 0 Å². The summed E-state index contributed by atoms with van der Waals surface area (Å²) in [6.45, 7) is 0.503. The molecular weight excluding hydrogens is 280 g/mol. The minimum atomic E-state index is -0.0886. The zero-order valence-electron chi connectivity index (χ0n) is 9.06. The summed E-state index contributed by atoms with van der Waals surface area (Å²) in [5.74, 6) is -0.0886. The number of hydrogen-bond donors (Lipinski definition) is 1. The van der Waals surface area contributed by atoms with Gasteiger partial charge in [0.15, 0.2) is 0 Å². The first-order valence-electron chi connectivity index (χ1n) is 5.19. The lowest BCUT2D eigenvalue weighted by molar-refractivity contribution is 0.0950. The zero-order chi connectivity index (χ0) is 12.1. The van der Waals surface area contributed by atoms with E-state index in [9.17, 15) is 4.79 Å². The zero-order valence-corrected chi connectivity index (χ0v) is 10.6. The van der Waals surface area contributed by atoms with E-state index in [1.807, 2.05) is 30.3 Å². The number of nitrogens with one attached hydrogen (secondary N) is 1. The summed E-state index contributed by atoms with van der Waals surface area (Å²) >= 11 is 3.35. The largest absolute Gasteiger partial charge is 0.348 e. The summed E-state index contributed by atoms with van der Waals surface area (Å²) in [4.78, 5) is 15.8. The number of rotatable bonds is 3. The summed E-state index contributed by atoms with van der Waals surface area (Å²) in [5.41, 5.74) is 1.67. The van der Waals surface area contributed by atoms with Crippen molar-refractivity contribution in [2.45, 2.75) is 6.54 Å². The van der Waals surface area contributed by atoms with Crippen molar-refractivity contribution in [2.75, 3.05) is 0 Å². The van der Waals surface area contributed by atoms with Gasteiger partial charge in [0.25, 0.3) is 5.91 Å². The van der Waals surface area contributed by atoms with Gasteiger partial charge in [-0.15, -0.1) is 0 Å². The Labute approximate surface area is 108 Å². The standard InChI is InChI=1S/C13H11BrN2O/c14-12-4-2-1-3-11(12)13(17)16-9-10-5-7-15-8-6-10/h1-8H,9H2,(H,16,17). The van der Waals surface area contributed by atoms with Crippen molar-refractivity contribution >= 4 is 21.8 Å². The Hall–Kier alpha value is -1.68. The van der Waals surface area contributed by atoms with Gasteiger partial charge in [-0.3, -0.25) is 9.78 Å². The van der Waals surface area contributed by atoms with Crippen LogP contribution in [-0.4, -0.2) is 10.9 Å². The number of carbonyl (C=O) groups excluding carboxylic acids is 1. The van der Waals surface area contributed by atoms with Gasteiger partial charge in [0.05, 0.1) is 5.56 Å². The second-order valence-electron chi connectivity index (χ2n) is 3.52. The molecule has 0 radical (unpaired) electrons. The molecule has 86 valence electrons. The number of halogens is 1.